The number of phosphoric ester groups is 1. The van der Waals surface area contributed by atoms with Gasteiger partial charge in [-0.2, -0.15) is 11.8 Å². The molecule has 0 amide bonds. The minimum Gasteiger partial charge on any atom is -0.468 e. The van der Waals surface area contributed by atoms with E-state index in [1.807, 2.05) is 0 Å². The molecule has 0 bridgehead atoms. The van der Waals surface area contributed by atoms with Crippen molar-refractivity contribution in [1.82, 2.24) is 0 Å². The van der Waals surface area contributed by atoms with E-state index in [-0.39, 0.29) is 12.6 Å². The summed E-state index contributed by atoms with van der Waals surface area (Å²) in [6.45, 7) is 2.83. The molecule has 0 unspecified atom stereocenters. The summed E-state index contributed by atoms with van der Waals surface area (Å²) in [5.74, 6) is 0.972. The van der Waals surface area contributed by atoms with Crippen LogP contribution in [-0.4, -0.2) is 53.1 Å². The van der Waals surface area contributed by atoms with Gasteiger partial charge in [-0.15, -0.1) is 0 Å². The van der Waals surface area contributed by atoms with Crippen molar-refractivity contribution < 1.29 is 37.9 Å². The van der Waals surface area contributed by atoms with Crippen LogP contribution in [0.15, 0.2) is 0 Å². The highest BCUT2D eigenvalue weighted by molar-refractivity contribution is 7.99. The second kappa shape index (κ2) is 23.2. The lowest BCUT2D eigenvalue weighted by Crippen LogP contribution is -2.25. The first-order chi connectivity index (χ1) is 15.9. The zero-order chi connectivity index (χ0) is 24.6. The van der Waals surface area contributed by atoms with Crippen LogP contribution in [0.25, 0.3) is 0 Å². The van der Waals surface area contributed by atoms with Crippen molar-refractivity contribution >= 4 is 32.0 Å². The number of hydrogen-bond acceptors (Lipinski definition) is 7. The summed E-state index contributed by atoms with van der Waals surface area (Å²) in [4.78, 5) is 40.1. The molecular weight excluding hydrogens is 467 g/mol. The van der Waals surface area contributed by atoms with Crippen LogP contribution in [-0.2, 0) is 28.2 Å². The summed E-state index contributed by atoms with van der Waals surface area (Å²) in [7, 11) is -4.61. The molecule has 0 aliphatic rings. The number of carbonyl (C=O) groups is 2. The Morgan fingerprint density at radius 1 is 0.909 bits per heavy atom. The monoisotopic (exact) mass is 512 g/mol. The molecule has 0 heterocycles. The van der Waals surface area contributed by atoms with Crippen molar-refractivity contribution in [3.63, 3.8) is 0 Å². The van der Waals surface area contributed by atoms with E-state index < -0.39 is 13.9 Å². The Bertz CT molecular complexity index is 515. The van der Waals surface area contributed by atoms with E-state index in [2.05, 4.69) is 16.2 Å². The van der Waals surface area contributed by atoms with Crippen LogP contribution in [0.5, 0.6) is 0 Å². The first-order valence-corrected chi connectivity index (χ1v) is 15.1. The molecule has 196 valence electrons. The van der Waals surface area contributed by atoms with Crippen LogP contribution >= 0.6 is 19.6 Å². The number of unbranched alkanes of at least 4 members (excludes halogenated alkanes) is 12. The molecule has 0 spiro atoms. The van der Waals surface area contributed by atoms with Gasteiger partial charge in [-0.1, -0.05) is 77.6 Å². The van der Waals surface area contributed by atoms with E-state index in [1.54, 1.807) is 11.8 Å². The maximum atomic E-state index is 12.2. The van der Waals surface area contributed by atoms with E-state index in [1.165, 1.54) is 38.5 Å². The molecule has 0 radical (unpaired) electrons. The van der Waals surface area contributed by atoms with Crippen LogP contribution in [0.3, 0.4) is 0 Å². The average Bonchev–Trinajstić information content (AvgIpc) is 2.76. The average molecular weight is 513 g/mol. The molecular formula is C23H45O8PS. The van der Waals surface area contributed by atoms with E-state index in [9.17, 15) is 14.2 Å². The maximum absolute atomic E-state index is 12.2. The highest BCUT2D eigenvalue weighted by atomic mass is 32.2. The Morgan fingerprint density at radius 2 is 1.48 bits per heavy atom. The summed E-state index contributed by atoms with van der Waals surface area (Å²) in [5.41, 5.74) is 0. The number of rotatable bonds is 25. The number of ether oxygens (including phenoxy) is 2. The molecule has 0 aromatic carbocycles. The SMILES string of the molecule is CCCCCCCCCCCC(=O)O[C@H](COP(=O)(O)O)CSCCCCCCCOC=O. The fraction of sp³-hybridized carbons (Fsp3) is 0.913. The van der Waals surface area contributed by atoms with Gasteiger partial charge in [-0.3, -0.25) is 14.1 Å². The molecule has 8 nitrogen and oxygen atoms in total. The van der Waals surface area contributed by atoms with Gasteiger partial charge in [0.2, 0.25) is 0 Å². The number of carbonyl (C=O) groups excluding carboxylic acids is 2. The molecule has 0 aromatic rings. The van der Waals surface area contributed by atoms with Crippen molar-refractivity contribution in [1.29, 1.82) is 0 Å². The van der Waals surface area contributed by atoms with Gasteiger partial charge in [0.25, 0.3) is 6.47 Å². The highest BCUT2D eigenvalue weighted by Gasteiger charge is 2.21. The quantitative estimate of drug-likeness (QED) is 0.0678. The van der Waals surface area contributed by atoms with Crippen molar-refractivity contribution in [2.45, 2.75) is 109 Å². The van der Waals surface area contributed by atoms with Gasteiger partial charge in [0.1, 0.15) is 6.10 Å². The first kappa shape index (κ1) is 32.4. The van der Waals surface area contributed by atoms with Crippen molar-refractivity contribution in [3.8, 4) is 0 Å². The lowest BCUT2D eigenvalue weighted by atomic mass is 10.1. The van der Waals surface area contributed by atoms with Crippen molar-refractivity contribution in [2.75, 3.05) is 24.7 Å². The second-order valence-corrected chi connectivity index (χ2v) is 10.7. The Labute approximate surface area is 204 Å². The lowest BCUT2D eigenvalue weighted by molar-refractivity contribution is -0.149. The summed E-state index contributed by atoms with van der Waals surface area (Å²) in [5, 5.41) is 0. The summed E-state index contributed by atoms with van der Waals surface area (Å²) >= 11 is 1.59. The molecule has 1 atom stereocenters. The molecule has 10 heteroatoms. The molecule has 0 aliphatic carbocycles. The smallest absolute Gasteiger partial charge is 0.468 e. The van der Waals surface area contributed by atoms with Gasteiger partial charge in [0.05, 0.1) is 13.2 Å². The summed E-state index contributed by atoms with van der Waals surface area (Å²) in [6, 6.07) is 0. The van der Waals surface area contributed by atoms with E-state index in [0.29, 0.717) is 25.3 Å². The van der Waals surface area contributed by atoms with Crippen LogP contribution in [0.1, 0.15) is 103 Å². The van der Waals surface area contributed by atoms with Gasteiger partial charge in [0, 0.05) is 12.2 Å². The third-order valence-corrected chi connectivity index (χ3v) is 6.80. The predicted octanol–water partition coefficient (Wildman–Crippen LogP) is 5.79. The summed E-state index contributed by atoms with van der Waals surface area (Å²) in [6.07, 6.45) is 15.1. The number of esters is 1. The minimum absolute atomic E-state index is 0.308. The third-order valence-electron chi connectivity index (χ3n) is 5.13. The standard InChI is InChI=1S/C23H45O8PS/c1-2-3-4-5-6-7-8-10-13-16-23(25)31-22(19-30-32(26,27)28)20-33-18-15-12-9-11-14-17-29-21-24/h21-22H,2-20H2,1H3,(H2,26,27,28)/t22-/m1/s1. The van der Waals surface area contributed by atoms with E-state index in [0.717, 1.165) is 57.1 Å². The fourth-order valence-electron chi connectivity index (χ4n) is 3.30. The molecule has 0 aromatic heterocycles. The van der Waals surface area contributed by atoms with Crippen LogP contribution in [0.4, 0.5) is 0 Å². The molecule has 0 saturated heterocycles. The van der Waals surface area contributed by atoms with Gasteiger partial charge >= 0.3 is 13.8 Å². The Balaban J connectivity index is 3.96. The van der Waals surface area contributed by atoms with Crippen molar-refractivity contribution in [2.24, 2.45) is 0 Å². The van der Waals surface area contributed by atoms with Gasteiger partial charge in [-0.25, -0.2) is 4.57 Å². The highest BCUT2D eigenvalue weighted by Crippen LogP contribution is 2.36. The molecule has 0 saturated carbocycles. The van der Waals surface area contributed by atoms with E-state index in [4.69, 9.17) is 14.5 Å². The Hall–Kier alpha value is -0.600. The largest absolute Gasteiger partial charge is 0.469 e. The van der Waals surface area contributed by atoms with E-state index >= 15 is 0 Å². The number of phosphoric acid groups is 1. The van der Waals surface area contributed by atoms with Gasteiger partial charge in [-0.05, 0) is 25.0 Å². The number of thioether (sulfide) groups is 1. The molecule has 0 aliphatic heterocycles. The number of hydrogen-bond donors (Lipinski definition) is 2. The third kappa shape index (κ3) is 25.9. The van der Waals surface area contributed by atoms with Gasteiger partial charge < -0.3 is 19.3 Å². The fourth-order valence-corrected chi connectivity index (χ4v) is 4.67. The van der Waals surface area contributed by atoms with Gasteiger partial charge in [0.15, 0.2) is 0 Å². The van der Waals surface area contributed by atoms with Crippen LogP contribution in [0.2, 0.25) is 0 Å². The molecule has 0 rings (SSSR count). The summed E-state index contributed by atoms with van der Waals surface area (Å²) < 4.78 is 25.7. The molecule has 33 heavy (non-hydrogen) atoms. The topological polar surface area (TPSA) is 119 Å². The molecule has 0 fully saturated rings. The predicted molar refractivity (Wildman–Crippen MR) is 132 cm³/mol. The van der Waals surface area contributed by atoms with Crippen LogP contribution < -0.4 is 0 Å². The lowest BCUT2D eigenvalue weighted by Gasteiger charge is -2.18. The Morgan fingerprint density at radius 3 is 2.09 bits per heavy atom. The molecule has 2 N–H and O–H groups in total. The first-order valence-electron chi connectivity index (χ1n) is 12.4. The van der Waals surface area contributed by atoms with Crippen LogP contribution in [0, 0.1) is 0 Å². The second-order valence-electron chi connectivity index (χ2n) is 8.29. The maximum Gasteiger partial charge on any atom is 0.469 e. The zero-order valence-corrected chi connectivity index (χ0v) is 22.0. The minimum atomic E-state index is -4.61. The normalized spacial score (nSPS) is 12.5. The Kier molecular flexibility index (Phi) is 22.7. The van der Waals surface area contributed by atoms with Crippen molar-refractivity contribution in [3.05, 3.63) is 0 Å². The zero-order valence-electron chi connectivity index (χ0n) is 20.3.